The van der Waals surface area contributed by atoms with Gasteiger partial charge in [0, 0.05) is 18.5 Å². The molecule has 0 spiro atoms. The second-order valence-electron chi connectivity index (χ2n) is 3.56. The van der Waals surface area contributed by atoms with Gasteiger partial charge in [-0.3, -0.25) is 5.10 Å². The molecule has 7 heteroatoms. The molecule has 0 radical (unpaired) electrons. The number of hydrogen-bond acceptors (Lipinski definition) is 4. The summed E-state index contributed by atoms with van der Waals surface area (Å²) in [6, 6.07) is 3.66. The lowest BCUT2D eigenvalue weighted by molar-refractivity contribution is 0.195. The lowest BCUT2D eigenvalue weighted by Crippen LogP contribution is -2.27. The third-order valence-corrected chi connectivity index (χ3v) is 2.33. The molecule has 0 aliphatic heterocycles. The van der Waals surface area contributed by atoms with E-state index in [9.17, 15) is 4.79 Å². The van der Waals surface area contributed by atoms with E-state index in [1.165, 1.54) is 0 Å². The van der Waals surface area contributed by atoms with Crippen molar-refractivity contribution in [3.05, 3.63) is 18.3 Å². The van der Waals surface area contributed by atoms with Gasteiger partial charge in [-0.1, -0.05) is 0 Å². The van der Waals surface area contributed by atoms with Crippen molar-refractivity contribution in [2.75, 3.05) is 24.1 Å². The highest BCUT2D eigenvalue weighted by Gasteiger charge is 2.03. The molecule has 0 unspecified atom stereocenters. The molecule has 0 saturated heterocycles. The number of fused-ring (bicyclic) bond motifs is 1. The molecule has 1 heterocycles. The van der Waals surface area contributed by atoms with Crippen LogP contribution in [0.4, 0.5) is 16.2 Å². The number of nitrogens with one attached hydrogen (secondary N) is 3. The molecular formula is C10H13N5O2. The molecule has 2 rings (SSSR count). The number of rotatable bonds is 4. The monoisotopic (exact) mass is 235 g/mol. The van der Waals surface area contributed by atoms with Crippen LogP contribution in [0.2, 0.25) is 0 Å². The highest BCUT2D eigenvalue weighted by molar-refractivity contribution is 5.88. The molecule has 0 aliphatic rings. The van der Waals surface area contributed by atoms with E-state index in [-0.39, 0.29) is 0 Å². The average molecular weight is 235 g/mol. The molecule has 1 amide bonds. The number of aromatic nitrogens is 2. The summed E-state index contributed by atoms with van der Waals surface area (Å²) < 4.78 is 0. The SMILES string of the molecule is Nc1cc2cn[nH]c2cc1NCCNC(=O)O. The Balaban J connectivity index is 2.02. The molecule has 1 aromatic heterocycles. The number of H-pyrrole nitrogens is 1. The van der Waals surface area contributed by atoms with E-state index in [1.54, 1.807) is 6.20 Å². The average Bonchev–Trinajstić information content (AvgIpc) is 2.71. The number of benzene rings is 1. The third kappa shape index (κ3) is 2.57. The van der Waals surface area contributed by atoms with Crippen molar-refractivity contribution in [3.63, 3.8) is 0 Å². The molecule has 2 aromatic rings. The van der Waals surface area contributed by atoms with Crippen LogP contribution in [0.3, 0.4) is 0 Å². The summed E-state index contributed by atoms with van der Waals surface area (Å²) in [4.78, 5) is 10.2. The van der Waals surface area contributed by atoms with Crippen LogP contribution < -0.4 is 16.4 Å². The van der Waals surface area contributed by atoms with Crippen molar-refractivity contribution in [2.45, 2.75) is 0 Å². The molecule has 17 heavy (non-hydrogen) atoms. The molecule has 0 fully saturated rings. The maximum Gasteiger partial charge on any atom is 0.404 e. The standard InChI is InChI=1S/C10H13N5O2/c11-7-3-6-5-14-15-8(6)4-9(7)12-1-2-13-10(16)17/h3-5,12-13H,1-2,11H2,(H,14,15)(H,16,17). The zero-order valence-electron chi connectivity index (χ0n) is 9.03. The molecule has 0 bridgehead atoms. The number of carbonyl (C=O) groups is 1. The van der Waals surface area contributed by atoms with Gasteiger partial charge in [0.2, 0.25) is 0 Å². The van der Waals surface area contributed by atoms with Crippen molar-refractivity contribution < 1.29 is 9.90 Å². The number of carboxylic acid groups (broad SMARTS) is 1. The van der Waals surface area contributed by atoms with E-state index in [4.69, 9.17) is 10.8 Å². The van der Waals surface area contributed by atoms with Crippen molar-refractivity contribution >= 4 is 28.4 Å². The number of aromatic amines is 1. The van der Waals surface area contributed by atoms with Crippen LogP contribution in [-0.4, -0.2) is 34.5 Å². The second-order valence-corrected chi connectivity index (χ2v) is 3.56. The number of hydrogen-bond donors (Lipinski definition) is 5. The Hall–Kier alpha value is -2.44. The third-order valence-electron chi connectivity index (χ3n) is 2.33. The molecule has 7 nitrogen and oxygen atoms in total. The first kappa shape index (κ1) is 11.1. The predicted octanol–water partition coefficient (Wildman–Crippen LogP) is 0.825. The highest BCUT2D eigenvalue weighted by atomic mass is 16.4. The summed E-state index contributed by atoms with van der Waals surface area (Å²) >= 11 is 0. The van der Waals surface area contributed by atoms with Crippen LogP contribution >= 0.6 is 0 Å². The minimum absolute atomic E-state index is 0.315. The maximum absolute atomic E-state index is 10.2. The van der Waals surface area contributed by atoms with Gasteiger partial charge < -0.3 is 21.5 Å². The fourth-order valence-corrected chi connectivity index (χ4v) is 1.53. The second kappa shape index (κ2) is 4.60. The molecule has 1 aromatic carbocycles. The molecule has 0 aliphatic carbocycles. The van der Waals surface area contributed by atoms with Gasteiger partial charge in [-0.15, -0.1) is 0 Å². The first-order chi connectivity index (χ1) is 8.16. The van der Waals surface area contributed by atoms with E-state index in [0.717, 1.165) is 16.6 Å². The Morgan fingerprint density at radius 2 is 2.29 bits per heavy atom. The van der Waals surface area contributed by atoms with Crippen LogP contribution in [0, 0.1) is 0 Å². The fraction of sp³-hybridized carbons (Fsp3) is 0.200. The van der Waals surface area contributed by atoms with Crippen LogP contribution in [-0.2, 0) is 0 Å². The van der Waals surface area contributed by atoms with Crippen LogP contribution in [0.1, 0.15) is 0 Å². The Kier molecular flexibility index (Phi) is 2.99. The van der Waals surface area contributed by atoms with E-state index < -0.39 is 6.09 Å². The lowest BCUT2D eigenvalue weighted by atomic mass is 10.2. The largest absolute Gasteiger partial charge is 0.465 e. The molecular weight excluding hydrogens is 222 g/mol. The van der Waals surface area contributed by atoms with Gasteiger partial charge in [-0.2, -0.15) is 5.10 Å². The van der Waals surface area contributed by atoms with Crippen LogP contribution in [0.25, 0.3) is 10.9 Å². The smallest absolute Gasteiger partial charge is 0.404 e. The first-order valence-corrected chi connectivity index (χ1v) is 5.10. The van der Waals surface area contributed by atoms with Gasteiger partial charge in [-0.05, 0) is 12.1 Å². The van der Waals surface area contributed by atoms with E-state index >= 15 is 0 Å². The van der Waals surface area contributed by atoms with Gasteiger partial charge in [0.05, 0.1) is 23.1 Å². The number of nitrogens with zero attached hydrogens (tertiary/aromatic N) is 1. The van der Waals surface area contributed by atoms with Gasteiger partial charge in [0.15, 0.2) is 0 Å². The number of anilines is 2. The van der Waals surface area contributed by atoms with Gasteiger partial charge >= 0.3 is 6.09 Å². The van der Waals surface area contributed by atoms with Crippen molar-refractivity contribution in [2.24, 2.45) is 0 Å². The van der Waals surface area contributed by atoms with Gasteiger partial charge in [0.25, 0.3) is 0 Å². The van der Waals surface area contributed by atoms with Crippen molar-refractivity contribution in [1.82, 2.24) is 15.5 Å². The summed E-state index contributed by atoms with van der Waals surface area (Å²) in [5, 5.41) is 21.4. The molecule has 0 atom stereocenters. The van der Waals surface area contributed by atoms with Crippen LogP contribution in [0.15, 0.2) is 18.3 Å². The first-order valence-electron chi connectivity index (χ1n) is 5.10. The maximum atomic E-state index is 10.2. The summed E-state index contributed by atoms with van der Waals surface area (Å²) in [5.74, 6) is 0. The van der Waals surface area contributed by atoms with E-state index in [2.05, 4.69) is 20.8 Å². The summed E-state index contributed by atoms with van der Waals surface area (Å²) in [6.45, 7) is 0.784. The minimum atomic E-state index is -1.04. The number of amides is 1. The topological polar surface area (TPSA) is 116 Å². The van der Waals surface area contributed by atoms with E-state index in [1.807, 2.05) is 12.1 Å². The molecule has 90 valence electrons. The van der Waals surface area contributed by atoms with E-state index in [0.29, 0.717) is 18.8 Å². The number of nitrogen functional groups attached to an aromatic ring is 1. The quantitative estimate of drug-likeness (QED) is 0.397. The number of nitrogens with two attached hydrogens (primary N) is 1. The van der Waals surface area contributed by atoms with Crippen molar-refractivity contribution in [1.29, 1.82) is 0 Å². The summed E-state index contributed by atoms with van der Waals surface area (Å²) in [7, 11) is 0. The fourth-order valence-electron chi connectivity index (χ4n) is 1.53. The molecule has 0 saturated carbocycles. The predicted molar refractivity (Wildman–Crippen MR) is 65.0 cm³/mol. The summed E-state index contributed by atoms with van der Waals surface area (Å²) in [6.07, 6.45) is 0.658. The molecule has 6 N–H and O–H groups in total. The Morgan fingerprint density at radius 1 is 1.47 bits per heavy atom. The van der Waals surface area contributed by atoms with Crippen molar-refractivity contribution in [3.8, 4) is 0 Å². The Labute approximate surface area is 97.0 Å². The highest BCUT2D eigenvalue weighted by Crippen LogP contribution is 2.24. The Morgan fingerprint density at radius 3 is 3.06 bits per heavy atom. The van der Waals surface area contributed by atoms with Crippen LogP contribution in [0.5, 0.6) is 0 Å². The zero-order chi connectivity index (χ0) is 12.3. The van der Waals surface area contributed by atoms with Gasteiger partial charge in [-0.25, -0.2) is 4.79 Å². The summed E-state index contributed by atoms with van der Waals surface area (Å²) in [5.41, 5.74) is 8.09. The zero-order valence-corrected chi connectivity index (χ0v) is 9.03. The normalized spacial score (nSPS) is 10.4. The lowest BCUT2D eigenvalue weighted by Gasteiger charge is -2.09. The van der Waals surface area contributed by atoms with Gasteiger partial charge in [0.1, 0.15) is 0 Å². The Bertz CT molecular complexity index is 536. The minimum Gasteiger partial charge on any atom is -0.465 e.